The van der Waals surface area contributed by atoms with Crippen molar-refractivity contribution in [3.63, 3.8) is 0 Å². The second kappa shape index (κ2) is 12.3. The number of benzene rings is 1. The third kappa shape index (κ3) is 7.89. The summed E-state index contributed by atoms with van der Waals surface area (Å²) in [6.45, 7) is 3.62. The molecule has 1 aromatic carbocycles. The lowest BCUT2D eigenvalue weighted by atomic mass is 10.1. The first kappa shape index (κ1) is 23.2. The van der Waals surface area contributed by atoms with Gasteiger partial charge in [-0.2, -0.15) is 0 Å². The molecule has 0 fully saturated rings. The van der Waals surface area contributed by atoms with Crippen molar-refractivity contribution in [2.75, 3.05) is 0 Å². The van der Waals surface area contributed by atoms with Crippen LogP contribution in [-0.2, 0) is 6.42 Å². The van der Waals surface area contributed by atoms with E-state index in [1.807, 2.05) is 18.2 Å². The summed E-state index contributed by atoms with van der Waals surface area (Å²) in [5, 5.41) is 8.90. The molecule has 14 heavy (non-hydrogen) atoms. The minimum Gasteiger partial charge on any atom is -0.508 e. The van der Waals surface area contributed by atoms with Crippen LogP contribution in [0, 0.1) is 0 Å². The van der Waals surface area contributed by atoms with Crippen LogP contribution in [0.25, 0.3) is 0 Å². The van der Waals surface area contributed by atoms with Crippen molar-refractivity contribution in [2.45, 2.75) is 6.42 Å². The van der Waals surface area contributed by atoms with Gasteiger partial charge in [0.2, 0.25) is 0 Å². The number of hydrogen-bond donors (Lipinski definition) is 3. The van der Waals surface area contributed by atoms with Crippen molar-refractivity contribution >= 4 is 24.8 Å². The number of halogens is 2. The first-order valence-corrected chi connectivity index (χ1v) is 3.22. The Labute approximate surface area is 97.2 Å². The van der Waals surface area contributed by atoms with Gasteiger partial charge >= 0.3 is 0 Å². The molecule has 0 saturated carbocycles. The van der Waals surface area contributed by atoms with Gasteiger partial charge in [0.15, 0.2) is 0 Å². The summed E-state index contributed by atoms with van der Waals surface area (Å²) in [5.74, 6) is 0.313. The minimum atomic E-state index is 0. The zero-order valence-corrected chi connectivity index (χ0v) is 9.61. The molecule has 0 unspecified atom stereocenters. The number of phenols is 1. The standard InChI is InChI=1S/C9H10O.2ClH.2H3N/c1-2-3-8-4-6-9(10)7-5-8;;;;/h2,4-7,10H,1,3H2;2*1H;2*1H3. The Morgan fingerprint density at radius 2 is 1.50 bits per heavy atom. The zero-order valence-electron chi connectivity index (χ0n) is 7.98. The molecule has 0 radical (unpaired) electrons. The molecule has 0 heterocycles. The normalized spacial score (nSPS) is 6.57. The summed E-state index contributed by atoms with van der Waals surface area (Å²) in [6, 6.07) is 7.13. The molecule has 0 aliphatic rings. The van der Waals surface area contributed by atoms with E-state index in [1.165, 1.54) is 5.56 Å². The van der Waals surface area contributed by atoms with Gasteiger partial charge in [-0.25, -0.2) is 0 Å². The van der Waals surface area contributed by atoms with Crippen molar-refractivity contribution < 1.29 is 5.11 Å². The molecule has 84 valence electrons. The lowest BCUT2D eigenvalue weighted by molar-refractivity contribution is 0.475. The minimum absolute atomic E-state index is 0. The highest BCUT2D eigenvalue weighted by Crippen LogP contribution is 2.09. The number of allylic oxidation sites excluding steroid dienone is 1. The highest BCUT2D eigenvalue weighted by Gasteiger charge is 1.87. The molecule has 7 N–H and O–H groups in total. The van der Waals surface area contributed by atoms with Crippen LogP contribution >= 0.6 is 24.8 Å². The molecular formula is C9H18Cl2N2O. The fourth-order valence-electron chi connectivity index (χ4n) is 0.799. The van der Waals surface area contributed by atoms with Crippen LogP contribution in [0.15, 0.2) is 36.9 Å². The number of hydrogen-bond acceptors (Lipinski definition) is 3. The second-order valence-corrected chi connectivity index (χ2v) is 2.16. The molecule has 0 spiro atoms. The highest BCUT2D eigenvalue weighted by atomic mass is 35.5. The molecule has 0 atom stereocenters. The first-order chi connectivity index (χ1) is 4.83. The molecule has 0 aromatic heterocycles. The molecule has 0 aliphatic carbocycles. The third-order valence-electron chi connectivity index (χ3n) is 1.32. The highest BCUT2D eigenvalue weighted by molar-refractivity contribution is 5.85. The van der Waals surface area contributed by atoms with E-state index in [-0.39, 0.29) is 37.1 Å². The molecule has 0 bridgehead atoms. The molecule has 0 amide bonds. The Kier molecular flexibility index (Phi) is 20.4. The van der Waals surface area contributed by atoms with Crippen LogP contribution in [0.4, 0.5) is 0 Å². The molecule has 1 rings (SSSR count). The largest absolute Gasteiger partial charge is 0.508 e. The Hall–Kier alpha value is -0.740. The number of rotatable bonds is 2. The molecule has 1 aromatic rings. The summed E-state index contributed by atoms with van der Waals surface area (Å²) in [7, 11) is 0. The maximum atomic E-state index is 8.90. The van der Waals surface area contributed by atoms with E-state index in [0.717, 1.165) is 6.42 Å². The van der Waals surface area contributed by atoms with Crippen LogP contribution in [0.2, 0.25) is 0 Å². The van der Waals surface area contributed by atoms with Gasteiger partial charge in [0, 0.05) is 0 Å². The van der Waals surface area contributed by atoms with Crippen LogP contribution in [-0.4, -0.2) is 5.11 Å². The fourth-order valence-corrected chi connectivity index (χ4v) is 0.799. The second-order valence-electron chi connectivity index (χ2n) is 2.16. The quantitative estimate of drug-likeness (QED) is 0.694. The smallest absolute Gasteiger partial charge is 0.115 e. The first-order valence-electron chi connectivity index (χ1n) is 3.22. The van der Waals surface area contributed by atoms with Gasteiger partial charge in [-0.15, -0.1) is 31.4 Å². The summed E-state index contributed by atoms with van der Waals surface area (Å²) in [5.41, 5.74) is 1.17. The Morgan fingerprint density at radius 3 is 1.86 bits per heavy atom. The van der Waals surface area contributed by atoms with Gasteiger partial charge in [-0.3, -0.25) is 0 Å². The monoisotopic (exact) mass is 240 g/mol. The maximum Gasteiger partial charge on any atom is 0.115 e. The maximum absolute atomic E-state index is 8.90. The Morgan fingerprint density at radius 1 is 1.07 bits per heavy atom. The van der Waals surface area contributed by atoms with Gasteiger partial charge in [0.25, 0.3) is 0 Å². The molecule has 3 nitrogen and oxygen atoms in total. The topological polar surface area (TPSA) is 90.2 Å². The predicted octanol–water partition coefficient (Wildman–Crippen LogP) is 3.29. The van der Waals surface area contributed by atoms with Gasteiger partial charge in [-0.1, -0.05) is 18.2 Å². The van der Waals surface area contributed by atoms with E-state index < -0.39 is 0 Å². The summed E-state index contributed by atoms with van der Waals surface area (Å²) in [6.07, 6.45) is 2.70. The lowest BCUT2D eigenvalue weighted by Gasteiger charge is -1.94. The van der Waals surface area contributed by atoms with Crippen molar-refractivity contribution in [1.82, 2.24) is 12.3 Å². The van der Waals surface area contributed by atoms with E-state index in [2.05, 4.69) is 6.58 Å². The fraction of sp³-hybridized carbons (Fsp3) is 0.111. The van der Waals surface area contributed by atoms with E-state index in [9.17, 15) is 0 Å². The van der Waals surface area contributed by atoms with Gasteiger partial charge < -0.3 is 17.4 Å². The van der Waals surface area contributed by atoms with E-state index in [1.54, 1.807) is 12.1 Å². The Balaban J connectivity index is -0.000000125. The number of phenolic OH excluding ortho intramolecular Hbond substituents is 1. The van der Waals surface area contributed by atoms with Gasteiger partial charge in [0.1, 0.15) is 5.75 Å². The van der Waals surface area contributed by atoms with Crippen molar-refractivity contribution in [3.8, 4) is 5.75 Å². The van der Waals surface area contributed by atoms with Crippen LogP contribution in [0.3, 0.4) is 0 Å². The van der Waals surface area contributed by atoms with Crippen LogP contribution in [0.5, 0.6) is 5.75 Å². The predicted molar refractivity (Wildman–Crippen MR) is 66.5 cm³/mol. The average Bonchev–Trinajstić information content (AvgIpc) is 1.95. The molecule has 5 heteroatoms. The van der Waals surface area contributed by atoms with Crippen molar-refractivity contribution in [3.05, 3.63) is 42.5 Å². The zero-order chi connectivity index (χ0) is 7.40. The lowest BCUT2D eigenvalue weighted by Crippen LogP contribution is -1.77. The van der Waals surface area contributed by atoms with E-state index in [0.29, 0.717) is 5.75 Å². The SMILES string of the molecule is C=CCc1ccc(O)cc1.Cl.Cl.N.N. The third-order valence-corrected chi connectivity index (χ3v) is 1.32. The van der Waals surface area contributed by atoms with Crippen molar-refractivity contribution in [1.29, 1.82) is 0 Å². The van der Waals surface area contributed by atoms with Crippen LogP contribution in [0.1, 0.15) is 5.56 Å². The van der Waals surface area contributed by atoms with Gasteiger partial charge in [-0.05, 0) is 24.1 Å². The van der Waals surface area contributed by atoms with E-state index in [4.69, 9.17) is 5.11 Å². The summed E-state index contributed by atoms with van der Waals surface area (Å²) in [4.78, 5) is 0. The van der Waals surface area contributed by atoms with E-state index >= 15 is 0 Å². The van der Waals surface area contributed by atoms with Crippen LogP contribution < -0.4 is 12.3 Å². The Bertz CT molecular complexity index is 227. The molecule has 0 saturated heterocycles. The number of aromatic hydroxyl groups is 1. The van der Waals surface area contributed by atoms with Gasteiger partial charge in [0.05, 0.1) is 0 Å². The molecular weight excluding hydrogens is 223 g/mol. The molecule has 0 aliphatic heterocycles. The van der Waals surface area contributed by atoms with Crippen molar-refractivity contribution in [2.24, 2.45) is 0 Å². The average molecular weight is 241 g/mol. The summed E-state index contributed by atoms with van der Waals surface area (Å²) < 4.78 is 0. The summed E-state index contributed by atoms with van der Waals surface area (Å²) >= 11 is 0.